The lowest BCUT2D eigenvalue weighted by molar-refractivity contribution is 0.600. The Morgan fingerprint density at radius 3 is 2.36 bits per heavy atom. The average Bonchev–Trinajstić information content (AvgIpc) is 2.86. The summed E-state index contributed by atoms with van der Waals surface area (Å²) in [5.41, 5.74) is 2.29. The van der Waals surface area contributed by atoms with E-state index >= 15 is 0 Å². The third-order valence-electron chi connectivity index (χ3n) is 3.67. The molecule has 0 saturated heterocycles. The molecule has 3 rings (SSSR count). The second-order valence-electron chi connectivity index (χ2n) is 5.48. The molecular weight excluding hydrogens is 470 g/mol. The van der Waals surface area contributed by atoms with Crippen LogP contribution in [0.3, 0.4) is 0 Å². The first kappa shape index (κ1) is 18.2. The quantitative estimate of drug-likeness (QED) is 0.577. The highest BCUT2D eigenvalue weighted by Gasteiger charge is 2.25. The van der Waals surface area contributed by atoms with Crippen molar-refractivity contribution in [3.05, 3.63) is 68.9 Å². The number of halogens is 2. The highest BCUT2D eigenvalue weighted by molar-refractivity contribution is 9.11. The van der Waals surface area contributed by atoms with E-state index < -0.39 is 10.0 Å². The number of nitrogens with one attached hydrogen (secondary N) is 1. The van der Waals surface area contributed by atoms with Crippen LogP contribution in [0, 0.1) is 13.8 Å². The van der Waals surface area contributed by atoms with Gasteiger partial charge in [-0.2, -0.15) is 5.10 Å². The number of sulfonamides is 1. The molecule has 5 nitrogen and oxygen atoms in total. The maximum Gasteiger partial charge on any atom is 0.265 e. The molecule has 0 fully saturated rings. The van der Waals surface area contributed by atoms with Crippen molar-refractivity contribution in [1.29, 1.82) is 0 Å². The van der Waals surface area contributed by atoms with Crippen LogP contribution in [-0.2, 0) is 10.0 Å². The van der Waals surface area contributed by atoms with E-state index in [9.17, 15) is 8.42 Å². The largest absolute Gasteiger partial charge is 0.278 e. The van der Waals surface area contributed by atoms with E-state index in [0.29, 0.717) is 21.5 Å². The number of aryl methyl sites for hydroxylation is 1. The lowest BCUT2D eigenvalue weighted by Crippen LogP contribution is -2.15. The number of aromatic nitrogens is 2. The lowest BCUT2D eigenvalue weighted by atomic mass is 10.3. The molecule has 2 aromatic carbocycles. The minimum atomic E-state index is -3.78. The maximum absolute atomic E-state index is 12.9. The van der Waals surface area contributed by atoms with Crippen LogP contribution in [0.1, 0.15) is 11.4 Å². The molecule has 1 aromatic heterocycles. The van der Waals surface area contributed by atoms with Gasteiger partial charge in [0.15, 0.2) is 0 Å². The molecule has 0 saturated carbocycles. The van der Waals surface area contributed by atoms with Gasteiger partial charge >= 0.3 is 0 Å². The predicted molar refractivity (Wildman–Crippen MR) is 106 cm³/mol. The lowest BCUT2D eigenvalue weighted by Gasteiger charge is -2.11. The molecule has 0 aliphatic heterocycles. The van der Waals surface area contributed by atoms with Crippen molar-refractivity contribution < 1.29 is 8.42 Å². The summed E-state index contributed by atoms with van der Waals surface area (Å²) in [7, 11) is -3.78. The second kappa shape index (κ2) is 6.93. The molecule has 0 bridgehead atoms. The van der Waals surface area contributed by atoms with Gasteiger partial charge in [-0.3, -0.25) is 4.72 Å². The van der Waals surface area contributed by atoms with Gasteiger partial charge in [-0.05, 0) is 60.1 Å². The number of hydrogen-bond donors (Lipinski definition) is 1. The molecule has 0 aliphatic carbocycles. The van der Waals surface area contributed by atoms with Crippen LogP contribution >= 0.6 is 31.9 Å². The van der Waals surface area contributed by atoms with Crippen molar-refractivity contribution in [2.24, 2.45) is 0 Å². The zero-order chi connectivity index (χ0) is 18.2. The van der Waals surface area contributed by atoms with E-state index in [2.05, 4.69) is 41.7 Å². The van der Waals surface area contributed by atoms with Crippen molar-refractivity contribution in [1.82, 2.24) is 9.78 Å². The van der Waals surface area contributed by atoms with Gasteiger partial charge in [-0.25, -0.2) is 13.1 Å². The minimum absolute atomic E-state index is 0.186. The highest BCUT2D eigenvalue weighted by Crippen LogP contribution is 2.30. The Morgan fingerprint density at radius 1 is 1.04 bits per heavy atom. The van der Waals surface area contributed by atoms with Crippen LogP contribution in [0.25, 0.3) is 5.69 Å². The van der Waals surface area contributed by atoms with Crippen molar-refractivity contribution in [3.8, 4) is 5.69 Å². The van der Waals surface area contributed by atoms with Crippen molar-refractivity contribution in [3.63, 3.8) is 0 Å². The molecule has 0 radical (unpaired) electrons. The number of benzene rings is 2. The highest BCUT2D eigenvalue weighted by atomic mass is 79.9. The van der Waals surface area contributed by atoms with Crippen LogP contribution in [0.2, 0.25) is 0 Å². The predicted octanol–water partition coefficient (Wildman–Crippen LogP) is 4.81. The Morgan fingerprint density at radius 2 is 1.72 bits per heavy atom. The smallest absolute Gasteiger partial charge is 0.265 e. The molecule has 25 heavy (non-hydrogen) atoms. The third-order valence-corrected chi connectivity index (χ3v) is 6.44. The fourth-order valence-electron chi connectivity index (χ4n) is 2.61. The summed E-state index contributed by atoms with van der Waals surface area (Å²) in [5, 5.41) is 4.40. The summed E-state index contributed by atoms with van der Waals surface area (Å²) >= 11 is 6.73. The van der Waals surface area contributed by atoms with Gasteiger partial charge in [0.05, 0.1) is 22.8 Å². The van der Waals surface area contributed by atoms with Crippen LogP contribution < -0.4 is 4.72 Å². The molecule has 130 valence electrons. The first-order chi connectivity index (χ1) is 11.8. The summed E-state index contributed by atoms with van der Waals surface area (Å²) in [5.74, 6) is 0. The van der Waals surface area contributed by atoms with Crippen LogP contribution in [-0.4, -0.2) is 18.2 Å². The fourth-order valence-corrected chi connectivity index (χ4v) is 5.36. The third kappa shape index (κ3) is 3.65. The van der Waals surface area contributed by atoms with Crippen LogP contribution in [0.4, 0.5) is 5.69 Å². The molecule has 8 heteroatoms. The molecule has 1 heterocycles. The van der Waals surface area contributed by atoms with Crippen LogP contribution in [0.5, 0.6) is 0 Å². The molecule has 0 atom stereocenters. The normalized spacial score (nSPS) is 11.5. The maximum atomic E-state index is 12.9. The molecule has 0 spiro atoms. The fraction of sp³-hybridized carbons (Fsp3) is 0.118. The molecule has 1 N–H and O–H groups in total. The Bertz CT molecular complexity index is 1030. The number of rotatable bonds is 4. The van der Waals surface area contributed by atoms with E-state index in [1.165, 1.54) is 0 Å². The molecule has 0 aliphatic rings. The first-order valence-electron chi connectivity index (χ1n) is 7.39. The van der Waals surface area contributed by atoms with Crippen molar-refractivity contribution in [2.45, 2.75) is 18.7 Å². The summed E-state index contributed by atoms with van der Waals surface area (Å²) in [6.45, 7) is 3.44. The first-order valence-corrected chi connectivity index (χ1v) is 10.5. The molecule has 0 amide bonds. The second-order valence-corrected chi connectivity index (χ2v) is 8.87. The molecule has 3 aromatic rings. The van der Waals surface area contributed by atoms with Gasteiger partial charge in [0.1, 0.15) is 4.90 Å². The Kier molecular flexibility index (Phi) is 5.04. The minimum Gasteiger partial charge on any atom is -0.278 e. The zero-order valence-electron chi connectivity index (χ0n) is 13.5. The van der Waals surface area contributed by atoms with Gasteiger partial charge in [0.25, 0.3) is 10.0 Å². The summed E-state index contributed by atoms with van der Waals surface area (Å²) in [6.07, 6.45) is 0. The standard InChI is InChI=1S/C17H15Br2N3O2S/c1-11-17(12(2)22(20-11)14-6-4-3-5-7-14)25(23,24)21-16-9-8-13(18)10-15(16)19/h3-10,21H,1-2H3. The topological polar surface area (TPSA) is 64.0 Å². The number of nitrogens with zero attached hydrogens (tertiary/aromatic N) is 2. The van der Waals surface area contributed by atoms with Gasteiger partial charge in [0, 0.05) is 8.95 Å². The average molecular weight is 485 g/mol. The van der Waals surface area contributed by atoms with E-state index in [0.717, 1.165) is 10.2 Å². The van der Waals surface area contributed by atoms with Crippen LogP contribution in [0.15, 0.2) is 62.4 Å². The Labute approximate surface area is 163 Å². The van der Waals surface area contributed by atoms with Gasteiger partial charge < -0.3 is 0 Å². The van der Waals surface area contributed by atoms with Gasteiger partial charge in [0.2, 0.25) is 0 Å². The molecular formula is C17H15Br2N3O2S. The zero-order valence-corrected chi connectivity index (χ0v) is 17.5. The van der Waals surface area contributed by atoms with Crippen molar-refractivity contribution >= 4 is 47.6 Å². The van der Waals surface area contributed by atoms with E-state index in [-0.39, 0.29) is 4.90 Å². The van der Waals surface area contributed by atoms with E-state index in [1.807, 2.05) is 30.3 Å². The summed E-state index contributed by atoms with van der Waals surface area (Å²) < 4.78 is 31.6. The number of para-hydroxylation sites is 1. The number of anilines is 1. The monoisotopic (exact) mass is 483 g/mol. The van der Waals surface area contributed by atoms with E-state index in [4.69, 9.17) is 0 Å². The summed E-state index contributed by atoms with van der Waals surface area (Å²) in [4.78, 5) is 0.186. The van der Waals surface area contributed by atoms with Gasteiger partial charge in [-0.1, -0.05) is 34.1 Å². The Hall–Kier alpha value is -1.64. The van der Waals surface area contributed by atoms with Crippen molar-refractivity contribution in [2.75, 3.05) is 4.72 Å². The Balaban J connectivity index is 2.05. The summed E-state index contributed by atoms with van der Waals surface area (Å²) in [6, 6.07) is 14.7. The number of hydrogen-bond acceptors (Lipinski definition) is 3. The SMILES string of the molecule is Cc1nn(-c2ccccc2)c(C)c1S(=O)(=O)Nc1ccc(Br)cc1Br. The van der Waals surface area contributed by atoms with E-state index in [1.54, 1.807) is 36.7 Å². The van der Waals surface area contributed by atoms with Gasteiger partial charge in [-0.15, -0.1) is 0 Å². The molecule has 0 unspecified atom stereocenters.